The minimum atomic E-state index is -0.340. The van der Waals surface area contributed by atoms with E-state index in [1.54, 1.807) is 17.4 Å². The smallest absolute Gasteiger partial charge is 0.336 e. The maximum Gasteiger partial charge on any atom is 0.336 e. The van der Waals surface area contributed by atoms with Crippen LogP contribution >= 0.6 is 11.3 Å². The van der Waals surface area contributed by atoms with E-state index in [0.29, 0.717) is 24.5 Å². The van der Waals surface area contributed by atoms with E-state index in [-0.39, 0.29) is 5.63 Å². The Balaban J connectivity index is 1.07. The molecule has 5 nitrogen and oxygen atoms in total. The molecule has 0 aliphatic heterocycles. The number of benzene rings is 3. The number of hydrogen-bond acceptors (Lipinski definition) is 6. The molecule has 172 valence electrons. The van der Waals surface area contributed by atoms with Gasteiger partial charge < -0.3 is 13.9 Å². The highest BCUT2D eigenvalue weighted by Crippen LogP contribution is 2.31. The largest absolute Gasteiger partial charge is 0.494 e. The SMILES string of the molecule is Cc1cc(=O)oc2cc(OCCCCCOc3cccc(-c4nc5ccccc5s4)c3)ccc12. The van der Waals surface area contributed by atoms with Gasteiger partial charge in [0.15, 0.2) is 0 Å². The van der Waals surface area contributed by atoms with E-state index < -0.39 is 0 Å². The number of nitrogens with zero attached hydrogens (tertiary/aromatic N) is 1. The summed E-state index contributed by atoms with van der Waals surface area (Å²) in [6.45, 7) is 3.16. The Hall–Kier alpha value is -3.64. The van der Waals surface area contributed by atoms with Crippen LogP contribution in [0.15, 0.2) is 82.0 Å². The molecule has 0 N–H and O–H groups in total. The second-order valence-electron chi connectivity index (χ2n) is 8.18. The Labute approximate surface area is 201 Å². The maximum atomic E-state index is 11.6. The van der Waals surface area contributed by atoms with Crippen LogP contribution in [0.1, 0.15) is 24.8 Å². The number of aryl methyl sites for hydroxylation is 1. The van der Waals surface area contributed by atoms with Crippen molar-refractivity contribution in [3.05, 3.63) is 88.8 Å². The number of fused-ring (bicyclic) bond motifs is 2. The third kappa shape index (κ3) is 5.13. The first-order valence-electron chi connectivity index (χ1n) is 11.4. The average molecular weight is 472 g/mol. The molecule has 2 heterocycles. The molecule has 0 bridgehead atoms. The van der Waals surface area contributed by atoms with Gasteiger partial charge in [0.1, 0.15) is 22.1 Å². The molecule has 5 aromatic rings. The van der Waals surface area contributed by atoms with Crippen LogP contribution in [0.4, 0.5) is 0 Å². The highest BCUT2D eigenvalue weighted by atomic mass is 32.1. The van der Waals surface area contributed by atoms with Gasteiger partial charge in [-0.15, -0.1) is 11.3 Å². The standard InChI is InChI=1S/C28H25NO4S/c1-19-16-27(30)33-25-18-22(12-13-23(19)25)32-15-6-2-5-14-31-21-9-7-8-20(17-21)28-29-24-10-3-4-11-26(24)34-28/h3-4,7-13,16-18H,2,5-6,14-15H2,1H3. The van der Waals surface area contributed by atoms with Crippen molar-refractivity contribution in [1.29, 1.82) is 0 Å². The Morgan fingerprint density at radius 1 is 0.853 bits per heavy atom. The second-order valence-corrected chi connectivity index (χ2v) is 9.21. The fourth-order valence-electron chi connectivity index (χ4n) is 3.87. The number of ether oxygens (including phenoxy) is 2. The van der Waals surface area contributed by atoms with Crippen LogP contribution < -0.4 is 15.1 Å². The number of thiazole rings is 1. The molecule has 0 atom stereocenters. The Kier molecular flexibility index (Phi) is 6.58. The van der Waals surface area contributed by atoms with E-state index in [9.17, 15) is 4.79 Å². The predicted molar refractivity (Wildman–Crippen MR) is 137 cm³/mol. The van der Waals surface area contributed by atoms with Crippen LogP contribution in [-0.4, -0.2) is 18.2 Å². The number of para-hydroxylation sites is 1. The lowest BCUT2D eigenvalue weighted by molar-refractivity contribution is 0.279. The average Bonchev–Trinajstić information content (AvgIpc) is 3.28. The van der Waals surface area contributed by atoms with Crippen LogP contribution in [-0.2, 0) is 0 Å². The molecule has 0 aliphatic carbocycles. The van der Waals surface area contributed by atoms with Gasteiger partial charge in [-0.25, -0.2) is 9.78 Å². The van der Waals surface area contributed by atoms with Gasteiger partial charge in [0.05, 0.1) is 23.4 Å². The summed E-state index contributed by atoms with van der Waals surface area (Å²) in [4.78, 5) is 16.3. The number of unbranched alkanes of at least 4 members (excludes halogenated alkanes) is 2. The second kappa shape index (κ2) is 10.1. The van der Waals surface area contributed by atoms with Crippen LogP contribution in [0.5, 0.6) is 11.5 Å². The molecule has 0 unspecified atom stereocenters. The van der Waals surface area contributed by atoms with Crippen molar-refractivity contribution >= 4 is 32.5 Å². The van der Waals surface area contributed by atoms with Crippen LogP contribution in [0.25, 0.3) is 31.8 Å². The molecule has 0 radical (unpaired) electrons. The molecule has 5 rings (SSSR count). The first kappa shape index (κ1) is 22.2. The maximum absolute atomic E-state index is 11.6. The first-order chi connectivity index (χ1) is 16.7. The zero-order valence-electron chi connectivity index (χ0n) is 19.0. The highest BCUT2D eigenvalue weighted by molar-refractivity contribution is 7.21. The molecular weight excluding hydrogens is 446 g/mol. The Morgan fingerprint density at radius 2 is 1.65 bits per heavy atom. The van der Waals surface area contributed by atoms with Crippen molar-refractivity contribution in [2.75, 3.05) is 13.2 Å². The predicted octanol–water partition coefficient (Wildman–Crippen LogP) is 7.01. The van der Waals surface area contributed by atoms with Gasteiger partial charge in [0, 0.05) is 23.1 Å². The van der Waals surface area contributed by atoms with Gasteiger partial charge in [-0.05, 0) is 68.1 Å². The summed E-state index contributed by atoms with van der Waals surface area (Å²) < 4.78 is 18.3. The minimum absolute atomic E-state index is 0.340. The molecular formula is C28H25NO4S. The molecule has 0 amide bonds. The summed E-state index contributed by atoms with van der Waals surface area (Å²) in [5.74, 6) is 1.57. The molecule has 0 saturated carbocycles. The van der Waals surface area contributed by atoms with Crippen molar-refractivity contribution < 1.29 is 13.9 Å². The zero-order valence-corrected chi connectivity index (χ0v) is 19.8. The lowest BCUT2D eigenvalue weighted by Crippen LogP contribution is -2.01. The van der Waals surface area contributed by atoms with E-state index in [0.717, 1.165) is 52.0 Å². The lowest BCUT2D eigenvalue weighted by atomic mass is 10.1. The third-order valence-corrected chi connectivity index (χ3v) is 6.71. The molecule has 2 aromatic heterocycles. The van der Waals surface area contributed by atoms with Gasteiger partial charge in [0.2, 0.25) is 0 Å². The highest BCUT2D eigenvalue weighted by Gasteiger charge is 2.07. The first-order valence-corrected chi connectivity index (χ1v) is 12.2. The van der Waals surface area contributed by atoms with E-state index >= 15 is 0 Å². The lowest BCUT2D eigenvalue weighted by Gasteiger charge is -2.09. The molecule has 34 heavy (non-hydrogen) atoms. The van der Waals surface area contributed by atoms with Crippen molar-refractivity contribution in [3.8, 4) is 22.1 Å². The van der Waals surface area contributed by atoms with Gasteiger partial charge in [0.25, 0.3) is 0 Å². The van der Waals surface area contributed by atoms with Crippen LogP contribution in [0.2, 0.25) is 0 Å². The molecule has 0 aliphatic rings. The molecule has 0 saturated heterocycles. The summed E-state index contributed by atoms with van der Waals surface area (Å²) in [6.07, 6.45) is 2.87. The van der Waals surface area contributed by atoms with Gasteiger partial charge in [-0.2, -0.15) is 0 Å². The number of aromatic nitrogens is 1. The fraction of sp³-hybridized carbons (Fsp3) is 0.214. The van der Waals surface area contributed by atoms with Crippen LogP contribution in [0.3, 0.4) is 0 Å². The van der Waals surface area contributed by atoms with Crippen molar-refractivity contribution in [2.24, 2.45) is 0 Å². The van der Waals surface area contributed by atoms with Crippen molar-refractivity contribution in [3.63, 3.8) is 0 Å². The van der Waals surface area contributed by atoms with Gasteiger partial charge in [-0.3, -0.25) is 0 Å². The zero-order chi connectivity index (χ0) is 23.3. The Morgan fingerprint density at radius 3 is 2.47 bits per heavy atom. The number of rotatable bonds is 9. The quantitative estimate of drug-likeness (QED) is 0.171. The van der Waals surface area contributed by atoms with Gasteiger partial charge in [-0.1, -0.05) is 24.3 Å². The summed E-state index contributed by atoms with van der Waals surface area (Å²) in [5.41, 5.74) is 3.23. The molecule has 6 heteroatoms. The Bertz CT molecular complexity index is 1450. The topological polar surface area (TPSA) is 61.6 Å². The van der Waals surface area contributed by atoms with Crippen molar-refractivity contribution in [1.82, 2.24) is 4.98 Å². The van der Waals surface area contributed by atoms with E-state index in [1.807, 2.05) is 49.4 Å². The molecule has 3 aromatic carbocycles. The fourth-order valence-corrected chi connectivity index (χ4v) is 4.83. The van der Waals surface area contributed by atoms with E-state index in [1.165, 1.54) is 10.8 Å². The monoisotopic (exact) mass is 471 g/mol. The third-order valence-electron chi connectivity index (χ3n) is 5.62. The normalized spacial score (nSPS) is 11.2. The van der Waals surface area contributed by atoms with Gasteiger partial charge >= 0.3 is 5.63 Å². The van der Waals surface area contributed by atoms with Crippen LogP contribution in [0, 0.1) is 6.92 Å². The number of hydrogen-bond donors (Lipinski definition) is 0. The van der Waals surface area contributed by atoms with E-state index in [4.69, 9.17) is 18.9 Å². The van der Waals surface area contributed by atoms with E-state index in [2.05, 4.69) is 18.2 Å². The molecule has 0 fully saturated rings. The van der Waals surface area contributed by atoms with Crippen molar-refractivity contribution in [2.45, 2.75) is 26.2 Å². The summed E-state index contributed by atoms with van der Waals surface area (Å²) >= 11 is 1.69. The molecule has 0 spiro atoms. The summed E-state index contributed by atoms with van der Waals surface area (Å²) in [6, 6.07) is 23.4. The minimum Gasteiger partial charge on any atom is -0.494 e. The summed E-state index contributed by atoms with van der Waals surface area (Å²) in [7, 11) is 0. The summed E-state index contributed by atoms with van der Waals surface area (Å²) in [5, 5.41) is 1.93.